The molecule has 130 valence electrons. The molecule has 2 aromatic heterocycles. The Hall–Kier alpha value is -3.26. The molecule has 0 unspecified atom stereocenters. The molecule has 0 radical (unpaired) electrons. The number of para-hydroxylation sites is 1. The minimum absolute atomic E-state index is 0.216. The number of carbonyl (C=O) groups is 1. The van der Waals surface area contributed by atoms with Crippen LogP contribution in [0.1, 0.15) is 21.7 Å². The van der Waals surface area contributed by atoms with Gasteiger partial charge < -0.3 is 4.74 Å². The first-order chi connectivity index (χ1) is 12.7. The van der Waals surface area contributed by atoms with Crippen LogP contribution in [0.15, 0.2) is 53.2 Å². The quantitative estimate of drug-likeness (QED) is 0.577. The van der Waals surface area contributed by atoms with Crippen LogP contribution in [0.2, 0.25) is 0 Å². The number of hydrogen-bond acceptors (Lipinski definition) is 7. The molecule has 7 nitrogen and oxygen atoms in total. The summed E-state index contributed by atoms with van der Waals surface area (Å²) >= 11 is 1.44. The topological polar surface area (TPSA) is 90.1 Å². The van der Waals surface area contributed by atoms with Gasteiger partial charge in [0.2, 0.25) is 0 Å². The molecule has 0 bridgehead atoms. The summed E-state index contributed by atoms with van der Waals surface area (Å²) in [5.74, 6) is 0.413. The van der Waals surface area contributed by atoms with Crippen molar-refractivity contribution in [3.05, 3.63) is 65.5 Å². The predicted molar refractivity (Wildman–Crippen MR) is 97.4 cm³/mol. The summed E-state index contributed by atoms with van der Waals surface area (Å²) in [6.45, 7) is 2.05. The van der Waals surface area contributed by atoms with Crippen molar-refractivity contribution < 1.29 is 14.2 Å². The van der Waals surface area contributed by atoms with E-state index in [4.69, 9.17) is 4.74 Å². The molecule has 0 saturated heterocycles. The summed E-state index contributed by atoms with van der Waals surface area (Å²) in [7, 11) is 0. The molecule has 0 fully saturated rings. The summed E-state index contributed by atoms with van der Waals surface area (Å²) < 4.78 is 11.3. The molecule has 0 aliphatic heterocycles. The zero-order valence-electron chi connectivity index (χ0n) is 13.8. The molecule has 0 aliphatic carbocycles. The standard InChI is InChI=1S/C18H14N4O3S/c1-11-15(22-25-21-11)10-24-13-8-6-12(7-9-13)17(23)20-18-19-14-4-2-3-5-16(14)26-18/h2-9H,10H2,1H3,(H,19,20,23). The minimum Gasteiger partial charge on any atom is -0.487 e. The van der Waals surface area contributed by atoms with Crippen molar-refractivity contribution in [3.63, 3.8) is 0 Å². The smallest absolute Gasteiger partial charge is 0.257 e. The van der Waals surface area contributed by atoms with E-state index in [1.165, 1.54) is 11.3 Å². The number of nitrogens with one attached hydrogen (secondary N) is 1. The molecular formula is C18H14N4O3S. The van der Waals surface area contributed by atoms with E-state index in [-0.39, 0.29) is 12.5 Å². The Bertz CT molecular complexity index is 1020. The van der Waals surface area contributed by atoms with Gasteiger partial charge in [-0.25, -0.2) is 9.61 Å². The van der Waals surface area contributed by atoms with Gasteiger partial charge in [0.25, 0.3) is 5.91 Å². The summed E-state index contributed by atoms with van der Waals surface area (Å²) in [5.41, 5.74) is 2.73. The van der Waals surface area contributed by atoms with Gasteiger partial charge in [0.05, 0.1) is 10.2 Å². The average molecular weight is 366 g/mol. The van der Waals surface area contributed by atoms with Gasteiger partial charge in [0, 0.05) is 5.56 Å². The van der Waals surface area contributed by atoms with Gasteiger partial charge in [-0.1, -0.05) is 33.8 Å². The summed E-state index contributed by atoms with van der Waals surface area (Å²) in [6, 6.07) is 14.6. The Balaban J connectivity index is 1.41. The SMILES string of the molecule is Cc1nonc1COc1ccc(C(=O)Nc2nc3ccccc3s2)cc1. The number of aryl methyl sites for hydroxylation is 1. The minimum atomic E-state index is -0.216. The number of anilines is 1. The molecule has 2 heterocycles. The van der Waals surface area contributed by atoms with Crippen LogP contribution in [-0.2, 0) is 6.61 Å². The van der Waals surface area contributed by atoms with Crippen molar-refractivity contribution in [1.82, 2.24) is 15.3 Å². The second kappa shape index (κ2) is 6.93. The maximum Gasteiger partial charge on any atom is 0.257 e. The number of aromatic nitrogens is 3. The summed E-state index contributed by atoms with van der Waals surface area (Å²) in [5, 5.41) is 10.9. The molecule has 0 aliphatic rings. The highest BCUT2D eigenvalue weighted by Crippen LogP contribution is 2.26. The molecule has 0 atom stereocenters. The van der Waals surface area contributed by atoms with Crippen molar-refractivity contribution in [1.29, 1.82) is 0 Å². The van der Waals surface area contributed by atoms with E-state index in [0.29, 0.717) is 27.8 Å². The van der Waals surface area contributed by atoms with Crippen molar-refractivity contribution in [2.24, 2.45) is 0 Å². The van der Waals surface area contributed by atoms with Crippen LogP contribution in [0.4, 0.5) is 5.13 Å². The fourth-order valence-corrected chi connectivity index (χ4v) is 3.19. The average Bonchev–Trinajstić information content (AvgIpc) is 3.25. The van der Waals surface area contributed by atoms with Crippen molar-refractivity contribution in [3.8, 4) is 5.75 Å². The highest BCUT2D eigenvalue weighted by atomic mass is 32.1. The van der Waals surface area contributed by atoms with Crippen LogP contribution >= 0.6 is 11.3 Å². The van der Waals surface area contributed by atoms with Crippen molar-refractivity contribution >= 4 is 32.6 Å². The molecular weight excluding hydrogens is 352 g/mol. The first kappa shape index (κ1) is 16.2. The van der Waals surface area contributed by atoms with Gasteiger partial charge in [-0.3, -0.25) is 10.1 Å². The van der Waals surface area contributed by atoms with Gasteiger partial charge in [-0.15, -0.1) is 0 Å². The zero-order valence-corrected chi connectivity index (χ0v) is 14.6. The third kappa shape index (κ3) is 3.40. The van der Waals surface area contributed by atoms with E-state index in [9.17, 15) is 4.79 Å². The van der Waals surface area contributed by atoms with Crippen LogP contribution in [0.25, 0.3) is 10.2 Å². The third-order valence-electron chi connectivity index (χ3n) is 3.75. The predicted octanol–water partition coefficient (Wildman–Crippen LogP) is 3.82. The lowest BCUT2D eigenvalue weighted by Crippen LogP contribution is -2.11. The number of thiazole rings is 1. The number of fused-ring (bicyclic) bond motifs is 1. The molecule has 4 aromatic rings. The Morgan fingerprint density at radius 2 is 1.96 bits per heavy atom. The number of amides is 1. The van der Waals surface area contributed by atoms with Gasteiger partial charge in [-0.2, -0.15) is 0 Å². The Morgan fingerprint density at radius 1 is 1.15 bits per heavy atom. The van der Waals surface area contributed by atoms with Crippen LogP contribution in [-0.4, -0.2) is 21.2 Å². The van der Waals surface area contributed by atoms with Crippen LogP contribution in [0.5, 0.6) is 5.75 Å². The second-order valence-corrected chi connectivity index (χ2v) is 6.58. The van der Waals surface area contributed by atoms with Gasteiger partial charge in [0.1, 0.15) is 23.7 Å². The number of carbonyl (C=O) groups excluding carboxylic acids is 1. The first-order valence-corrected chi connectivity index (χ1v) is 8.68. The normalized spacial score (nSPS) is 10.8. The Kier molecular flexibility index (Phi) is 4.32. The van der Waals surface area contributed by atoms with Crippen molar-refractivity contribution in [2.75, 3.05) is 5.32 Å². The lowest BCUT2D eigenvalue weighted by atomic mass is 10.2. The third-order valence-corrected chi connectivity index (χ3v) is 4.70. The fourth-order valence-electron chi connectivity index (χ4n) is 2.33. The second-order valence-electron chi connectivity index (χ2n) is 5.55. The maximum absolute atomic E-state index is 12.4. The van der Waals surface area contributed by atoms with E-state index in [1.54, 1.807) is 31.2 Å². The number of rotatable bonds is 5. The lowest BCUT2D eigenvalue weighted by Gasteiger charge is -2.06. The fraction of sp³-hybridized carbons (Fsp3) is 0.111. The molecule has 8 heteroatoms. The largest absolute Gasteiger partial charge is 0.487 e. The molecule has 1 N–H and O–H groups in total. The molecule has 0 saturated carbocycles. The monoisotopic (exact) mass is 366 g/mol. The highest BCUT2D eigenvalue weighted by Gasteiger charge is 2.11. The summed E-state index contributed by atoms with van der Waals surface area (Å²) in [4.78, 5) is 16.8. The van der Waals surface area contributed by atoms with Gasteiger partial charge in [-0.05, 0) is 43.3 Å². The first-order valence-electron chi connectivity index (χ1n) is 7.87. The molecule has 2 aromatic carbocycles. The number of nitrogens with zero attached hydrogens (tertiary/aromatic N) is 3. The molecule has 0 spiro atoms. The maximum atomic E-state index is 12.4. The van der Waals surface area contributed by atoms with Crippen LogP contribution in [0, 0.1) is 6.92 Å². The molecule has 4 rings (SSSR count). The van der Waals surface area contributed by atoms with E-state index < -0.39 is 0 Å². The van der Waals surface area contributed by atoms with Gasteiger partial charge in [0.15, 0.2) is 5.13 Å². The van der Waals surface area contributed by atoms with E-state index in [1.807, 2.05) is 24.3 Å². The Morgan fingerprint density at radius 3 is 2.69 bits per heavy atom. The van der Waals surface area contributed by atoms with Crippen molar-refractivity contribution in [2.45, 2.75) is 13.5 Å². The highest BCUT2D eigenvalue weighted by molar-refractivity contribution is 7.22. The number of hydrogen-bond donors (Lipinski definition) is 1. The van der Waals surface area contributed by atoms with Crippen LogP contribution in [0.3, 0.4) is 0 Å². The lowest BCUT2D eigenvalue weighted by molar-refractivity contribution is 0.102. The van der Waals surface area contributed by atoms with E-state index in [2.05, 4.69) is 25.2 Å². The van der Waals surface area contributed by atoms with Gasteiger partial charge >= 0.3 is 0 Å². The number of ether oxygens (including phenoxy) is 1. The molecule has 1 amide bonds. The zero-order chi connectivity index (χ0) is 17.9. The number of benzene rings is 2. The Labute approximate surface area is 152 Å². The summed E-state index contributed by atoms with van der Waals surface area (Å²) in [6.07, 6.45) is 0. The van der Waals surface area contributed by atoms with E-state index in [0.717, 1.165) is 10.2 Å². The van der Waals surface area contributed by atoms with E-state index >= 15 is 0 Å². The molecule has 26 heavy (non-hydrogen) atoms. The van der Waals surface area contributed by atoms with Crippen LogP contribution < -0.4 is 10.1 Å².